The molecular formula is C21H20N2OS2. The topological polar surface area (TPSA) is 33.2 Å². The predicted molar refractivity (Wildman–Crippen MR) is 110 cm³/mol. The molecule has 26 heavy (non-hydrogen) atoms. The van der Waals surface area contributed by atoms with E-state index >= 15 is 0 Å². The maximum atomic E-state index is 13.0. The lowest BCUT2D eigenvalue weighted by atomic mass is 10.2. The number of benzene rings is 2. The maximum Gasteiger partial charge on any atom is 0.233 e. The lowest BCUT2D eigenvalue weighted by Gasteiger charge is -2.22. The largest absolute Gasteiger partial charge is 0.311 e. The van der Waals surface area contributed by atoms with Crippen LogP contribution >= 0.6 is 23.1 Å². The van der Waals surface area contributed by atoms with Crippen molar-refractivity contribution in [1.82, 2.24) is 4.98 Å². The van der Waals surface area contributed by atoms with Crippen LogP contribution in [0, 0.1) is 0 Å². The van der Waals surface area contributed by atoms with Crippen molar-refractivity contribution in [3.63, 3.8) is 0 Å². The molecular weight excluding hydrogens is 360 g/mol. The highest BCUT2D eigenvalue weighted by Gasteiger charge is 2.24. The average molecular weight is 381 g/mol. The number of rotatable bonds is 3. The summed E-state index contributed by atoms with van der Waals surface area (Å²) in [6, 6.07) is 18.3. The quantitative estimate of drug-likeness (QED) is 0.620. The molecule has 3 aromatic rings. The molecule has 4 rings (SSSR count). The highest BCUT2D eigenvalue weighted by atomic mass is 32.2. The zero-order chi connectivity index (χ0) is 17.9. The van der Waals surface area contributed by atoms with E-state index in [9.17, 15) is 4.79 Å². The van der Waals surface area contributed by atoms with Crippen molar-refractivity contribution in [1.29, 1.82) is 0 Å². The minimum Gasteiger partial charge on any atom is -0.311 e. The van der Waals surface area contributed by atoms with Gasteiger partial charge in [-0.05, 0) is 18.6 Å². The van der Waals surface area contributed by atoms with E-state index < -0.39 is 0 Å². The molecule has 0 saturated heterocycles. The van der Waals surface area contributed by atoms with E-state index in [1.807, 2.05) is 64.5 Å². The zero-order valence-electron chi connectivity index (χ0n) is 14.6. The van der Waals surface area contributed by atoms with Crippen LogP contribution in [-0.2, 0) is 11.2 Å². The van der Waals surface area contributed by atoms with Gasteiger partial charge < -0.3 is 4.90 Å². The molecule has 1 amide bonds. The van der Waals surface area contributed by atoms with E-state index in [1.54, 1.807) is 11.3 Å². The van der Waals surface area contributed by atoms with Crippen LogP contribution < -0.4 is 4.90 Å². The number of carbonyl (C=O) groups excluding carboxylic acids is 1. The van der Waals surface area contributed by atoms with Gasteiger partial charge in [-0.25, -0.2) is 4.98 Å². The number of carbonyl (C=O) groups is 1. The van der Waals surface area contributed by atoms with Crippen LogP contribution in [0.4, 0.5) is 5.69 Å². The number of thioether (sulfide) groups is 1. The molecule has 2 aromatic carbocycles. The van der Waals surface area contributed by atoms with Gasteiger partial charge in [-0.15, -0.1) is 23.1 Å². The number of hydrogen-bond acceptors (Lipinski definition) is 4. The van der Waals surface area contributed by atoms with E-state index in [-0.39, 0.29) is 5.91 Å². The van der Waals surface area contributed by atoms with E-state index in [4.69, 9.17) is 0 Å². The molecule has 0 N–H and O–H groups in total. The van der Waals surface area contributed by atoms with Crippen LogP contribution in [0.15, 0.2) is 64.9 Å². The summed E-state index contributed by atoms with van der Waals surface area (Å²) >= 11 is 3.45. The monoisotopic (exact) mass is 380 g/mol. The fourth-order valence-electron chi connectivity index (χ4n) is 3.10. The normalized spacial score (nSPS) is 16.8. The van der Waals surface area contributed by atoms with Gasteiger partial charge in [0, 0.05) is 27.6 Å². The number of para-hydroxylation sites is 1. The number of fused-ring (bicyclic) bond motifs is 1. The molecule has 0 bridgehead atoms. The first-order valence-electron chi connectivity index (χ1n) is 8.76. The van der Waals surface area contributed by atoms with Gasteiger partial charge in [0.1, 0.15) is 5.01 Å². The summed E-state index contributed by atoms with van der Waals surface area (Å²) in [5.74, 6) is 0.122. The Morgan fingerprint density at radius 1 is 1.15 bits per heavy atom. The standard InChI is InChI=1S/C21H20N2OS2/c1-15-11-12-23(18-9-5-6-10-19(18)26-15)20(24)13-17-14-25-21(22-17)16-7-3-2-4-8-16/h2-10,14-15H,11-13H2,1H3. The van der Waals surface area contributed by atoms with Crippen molar-refractivity contribution < 1.29 is 4.79 Å². The fraction of sp³-hybridized carbons (Fsp3) is 0.238. The summed E-state index contributed by atoms with van der Waals surface area (Å²) in [5.41, 5.74) is 2.98. The summed E-state index contributed by atoms with van der Waals surface area (Å²) in [6.45, 7) is 2.99. The summed E-state index contributed by atoms with van der Waals surface area (Å²) in [5, 5.41) is 3.48. The fourth-order valence-corrected chi connectivity index (χ4v) is 5.04. The molecule has 1 unspecified atom stereocenters. The molecule has 1 aliphatic rings. The third-order valence-corrected chi connectivity index (χ3v) is 6.63. The molecule has 0 spiro atoms. The summed E-state index contributed by atoms with van der Waals surface area (Å²) < 4.78 is 0. The summed E-state index contributed by atoms with van der Waals surface area (Å²) in [7, 11) is 0. The van der Waals surface area contributed by atoms with Gasteiger partial charge in [-0.1, -0.05) is 49.4 Å². The SMILES string of the molecule is CC1CCN(C(=O)Cc2csc(-c3ccccc3)n2)c2ccccc2S1. The Morgan fingerprint density at radius 2 is 1.92 bits per heavy atom. The number of nitrogens with zero attached hydrogens (tertiary/aromatic N) is 2. The Balaban J connectivity index is 1.54. The van der Waals surface area contributed by atoms with Crippen LogP contribution in [0.2, 0.25) is 0 Å². The molecule has 2 heterocycles. The summed E-state index contributed by atoms with van der Waals surface area (Å²) in [4.78, 5) is 20.8. The Labute approximate surface area is 162 Å². The highest BCUT2D eigenvalue weighted by Crippen LogP contribution is 2.37. The molecule has 1 aliphatic heterocycles. The minimum atomic E-state index is 0.122. The van der Waals surface area contributed by atoms with Crippen LogP contribution in [0.5, 0.6) is 0 Å². The van der Waals surface area contributed by atoms with Gasteiger partial charge in [0.2, 0.25) is 5.91 Å². The van der Waals surface area contributed by atoms with Gasteiger partial charge in [0.15, 0.2) is 0 Å². The number of amides is 1. The molecule has 0 fully saturated rings. The van der Waals surface area contributed by atoms with Crippen molar-refractivity contribution in [2.45, 2.75) is 29.9 Å². The first-order valence-corrected chi connectivity index (χ1v) is 10.5. The van der Waals surface area contributed by atoms with Gasteiger partial charge >= 0.3 is 0 Å². The molecule has 3 nitrogen and oxygen atoms in total. The summed E-state index contributed by atoms with van der Waals surface area (Å²) in [6.07, 6.45) is 1.34. The second-order valence-corrected chi connectivity index (χ2v) is 8.76. The molecule has 1 atom stereocenters. The van der Waals surface area contributed by atoms with Crippen LogP contribution in [0.1, 0.15) is 19.0 Å². The highest BCUT2D eigenvalue weighted by molar-refractivity contribution is 8.00. The number of anilines is 1. The lowest BCUT2D eigenvalue weighted by molar-refractivity contribution is -0.118. The van der Waals surface area contributed by atoms with Crippen LogP contribution in [0.3, 0.4) is 0 Å². The number of thiazole rings is 1. The van der Waals surface area contributed by atoms with Crippen LogP contribution in [0.25, 0.3) is 10.6 Å². The smallest absolute Gasteiger partial charge is 0.233 e. The molecule has 0 saturated carbocycles. The second kappa shape index (κ2) is 7.64. The Kier molecular flexibility index (Phi) is 5.09. The van der Waals surface area contributed by atoms with Crippen molar-refractivity contribution in [3.05, 3.63) is 65.7 Å². The van der Waals surface area contributed by atoms with E-state index in [0.29, 0.717) is 11.7 Å². The Hall–Kier alpha value is -2.11. The van der Waals surface area contributed by atoms with Crippen molar-refractivity contribution in [3.8, 4) is 10.6 Å². The first kappa shape index (κ1) is 17.3. The van der Waals surface area contributed by atoms with Crippen LogP contribution in [-0.4, -0.2) is 22.7 Å². The predicted octanol–water partition coefficient (Wildman–Crippen LogP) is 5.27. The number of aromatic nitrogens is 1. The lowest BCUT2D eigenvalue weighted by Crippen LogP contribution is -2.33. The maximum absolute atomic E-state index is 13.0. The van der Waals surface area contributed by atoms with Crippen molar-refractivity contribution in [2.24, 2.45) is 0 Å². The average Bonchev–Trinajstić information content (AvgIpc) is 3.05. The molecule has 1 aromatic heterocycles. The van der Waals surface area contributed by atoms with Gasteiger partial charge in [-0.2, -0.15) is 0 Å². The molecule has 0 radical (unpaired) electrons. The Morgan fingerprint density at radius 3 is 2.77 bits per heavy atom. The van der Waals surface area contributed by atoms with E-state index in [1.165, 1.54) is 4.90 Å². The molecule has 0 aliphatic carbocycles. The molecule has 5 heteroatoms. The van der Waals surface area contributed by atoms with Crippen molar-refractivity contribution in [2.75, 3.05) is 11.4 Å². The molecule has 132 valence electrons. The van der Waals surface area contributed by atoms with Gasteiger partial charge in [0.25, 0.3) is 0 Å². The van der Waals surface area contributed by atoms with Gasteiger partial charge in [0.05, 0.1) is 17.8 Å². The third-order valence-electron chi connectivity index (χ3n) is 4.45. The minimum absolute atomic E-state index is 0.122. The first-order chi connectivity index (χ1) is 12.7. The third kappa shape index (κ3) is 3.69. The zero-order valence-corrected chi connectivity index (χ0v) is 16.2. The number of hydrogen-bond donors (Lipinski definition) is 0. The van der Waals surface area contributed by atoms with Gasteiger partial charge in [-0.3, -0.25) is 4.79 Å². The van der Waals surface area contributed by atoms with E-state index in [2.05, 4.69) is 24.0 Å². The Bertz CT molecular complexity index is 907. The van der Waals surface area contributed by atoms with E-state index in [0.717, 1.165) is 34.9 Å². The second-order valence-electron chi connectivity index (χ2n) is 6.42. The van der Waals surface area contributed by atoms with Crippen molar-refractivity contribution >= 4 is 34.7 Å².